The molecule has 2 rings (SSSR count). The third-order valence-electron chi connectivity index (χ3n) is 3.04. The Hall–Kier alpha value is -1.58. The molecule has 0 amide bonds. The Labute approximate surface area is 129 Å². The summed E-state index contributed by atoms with van der Waals surface area (Å²) in [5.74, 6) is 0.508. The molecule has 0 saturated heterocycles. The van der Waals surface area contributed by atoms with E-state index in [2.05, 4.69) is 12.2 Å². The molecule has 0 bridgehead atoms. The van der Waals surface area contributed by atoms with Gasteiger partial charge in [-0.1, -0.05) is 36.7 Å². The van der Waals surface area contributed by atoms with Crippen LogP contribution in [-0.2, 0) is 13.1 Å². The van der Waals surface area contributed by atoms with Crippen molar-refractivity contribution in [2.45, 2.75) is 26.4 Å². The average molecular weight is 308 g/mol. The summed E-state index contributed by atoms with van der Waals surface area (Å²) in [6.07, 6.45) is 1.00. The van der Waals surface area contributed by atoms with E-state index in [1.807, 2.05) is 24.3 Å². The van der Waals surface area contributed by atoms with Crippen LogP contribution in [0.4, 0.5) is 4.39 Å². The molecule has 2 aromatic carbocycles. The number of rotatable bonds is 7. The predicted molar refractivity (Wildman–Crippen MR) is 84.2 cm³/mol. The molecule has 0 aromatic heterocycles. The minimum atomic E-state index is -0.386. The predicted octanol–water partition coefficient (Wildman–Crippen LogP) is 4.56. The van der Waals surface area contributed by atoms with Gasteiger partial charge in [-0.3, -0.25) is 0 Å². The molecule has 4 heteroatoms. The van der Waals surface area contributed by atoms with Gasteiger partial charge in [0.05, 0.1) is 11.6 Å². The lowest BCUT2D eigenvalue weighted by Crippen LogP contribution is -2.12. The molecule has 0 radical (unpaired) electrons. The second-order valence-electron chi connectivity index (χ2n) is 4.84. The molecular formula is C17H19ClFNO. The molecule has 2 aromatic rings. The average Bonchev–Trinajstić information content (AvgIpc) is 2.50. The summed E-state index contributed by atoms with van der Waals surface area (Å²) in [4.78, 5) is 0. The number of nitrogens with one attached hydrogen (secondary N) is 1. The van der Waals surface area contributed by atoms with Crippen LogP contribution in [0, 0.1) is 5.82 Å². The Morgan fingerprint density at radius 1 is 1.05 bits per heavy atom. The van der Waals surface area contributed by atoms with Gasteiger partial charge in [0.1, 0.15) is 11.6 Å². The Balaban J connectivity index is 1.81. The van der Waals surface area contributed by atoms with Crippen LogP contribution in [0.5, 0.6) is 5.75 Å². The maximum atomic E-state index is 13.0. The van der Waals surface area contributed by atoms with Crippen molar-refractivity contribution in [1.29, 1.82) is 0 Å². The molecular weight excluding hydrogens is 289 g/mol. The van der Waals surface area contributed by atoms with Crippen molar-refractivity contribution in [3.63, 3.8) is 0 Å². The summed E-state index contributed by atoms with van der Waals surface area (Å²) in [5.41, 5.74) is 2.14. The van der Waals surface area contributed by atoms with E-state index in [1.165, 1.54) is 11.6 Å². The summed E-state index contributed by atoms with van der Waals surface area (Å²) in [7, 11) is 0. The number of ether oxygens (including phenoxy) is 1. The van der Waals surface area contributed by atoms with E-state index in [4.69, 9.17) is 16.3 Å². The van der Waals surface area contributed by atoms with Crippen LogP contribution >= 0.6 is 11.6 Å². The second-order valence-corrected chi connectivity index (χ2v) is 5.25. The molecule has 0 aliphatic heterocycles. The number of halogens is 2. The van der Waals surface area contributed by atoms with Gasteiger partial charge in [0.15, 0.2) is 0 Å². The van der Waals surface area contributed by atoms with Gasteiger partial charge in [0, 0.05) is 13.1 Å². The van der Waals surface area contributed by atoms with Crippen LogP contribution in [-0.4, -0.2) is 6.61 Å². The van der Waals surface area contributed by atoms with Gasteiger partial charge in [0.2, 0.25) is 0 Å². The van der Waals surface area contributed by atoms with E-state index in [0.29, 0.717) is 6.54 Å². The molecule has 0 aliphatic carbocycles. The van der Waals surface area contributed by atoms with Gasteiger partial charge >= 0.3 is 0 Å². The molecule has 0 spiro atoms. The van der Waals surface area contributed by atoms with E-state index >= 15 is 0 Å². The van der Waals surface area contributed by atoms with Crippen molar-refractivity contribution in [2.24, 2.45) is 0 Å². The summed E-state index contributed by atoms with van der Waals surface area (Å²) >= 11 is 5.75. The first-order valence-corrected chi connectivity index (χ1v) is 7.43. The molecule has 0 fully saturated rings. The molecule has 1 N–H and O–H groups in total. The fourth-order valence-electron chi connectivity index (χ4n) is 1.92. The van der Waals surface area contributed by atoms with Crippen LogP contribution in [0.2, 0.25) is 5.02 Å². The van der Waals surface area contributed by atoms with E-state index in [-0.39, 0.29) is 10.8 Å². The third kappa shape index (κ3) is 5.03. The Morgan fingerprint density at radius 2 is 1.71 bits per heavy atom. The van der Waals surface area contributed by atoms with Gasteiger partial charge in [-0.25, -0.2) is 4.39 Å². The minimum Gasteiger partial charge on any atom is -0.494 e. The van der Waals surface area contributed by atoms with Crippen LogP contribution in [0.25, 0.3) is 0 Å². The number of hydrogen-bond acceptors (Lipinski definition) is 2. The molecule has 0 unspecified atom stereocenters. The van der Waals surface area contributed by atoms with E-state index < -0.39 is 0 Å². The maximum Gasteiger partial charge on any atom is 0.141 e. The monoisotopic (exact) mass is 307 g/mol. The Morgan fingerprint density at radius 3 is 2.38 bits per heavy atom. The van der Waals surface area contributed by atoms with Crippen molar-refractivity contribution in [3.05, 3.63) is 64.4 Å². The van der Waals surface area contributed by atoms with Crippen LogP contribution in [0.15, 0.2) is 42.5 Å². The van der Waals surface area contributed by atoms with E-state index in [0.717, 1.165) is 30.9 Å². The Bertz CT molecular complexity index is 572. The first kappa shape index (κ1) is 15.8. The normalized spacial score (nSPS) is 10.6. The van der Waals surface area contributed by atoms with Crippen molar-refractivity contribution in [1.82, 2.24) is 5.32 Å². The van der Waals surface area contributed by atoms with Crippen molar-refractivity contribution in [2.75, 3.05) is 6.61 Å². The van der Waals surface area contributed by atoms with Gasteiger partial charge in [-0.05, 0) is 41.8 Å². The highest BCUT2D eigenvalue weighted by Gasteiger charge is 2.01. The molecule has 0 atom stereocenters. The van der Waals surface area contributed by atoms with E-state index in [9.17, 15) is 4.39 Å². The summed E-state index contributed by atoms with van der Waals surface area (Å²) in [6, 6.07) is 12.8. The highest BCUT2D eigenvalue weighted by molar-refractivity contribution is 6.30. The van der Waals surface area contributed by atoms with Crippen molar-refractivity contribution < 1.29 is 9.13 Å². The zero-order valence-corrected chi connectivity index (χ0v) is 12.8. The fraction of sp³-hybridized carbons (Fsp3) is 0.294. The first-order valence-electron chi connectivity index (χ1n) is 7.05. The smallest absolute Gasteiger partial charge is 0.141 e. The largest absolute Gasteiger partial charge is 0.494 e. The quantitative estimate of drug-likeness (QED) is 0.810. The standard InChI is InChI=1S/C17H19ClFNO/c1-2-9-21-15-6-3-13(4-7-15)11-20-12-14-5-8-17(19)16(18)10-14/h3-8,10,20H,2,9,11-12H2,1H3. The summed E-state index contributed by atoms with van der Waals surface area (Å²) < 4.78 is 18.6. The third-order valence-corrected chi connectivity index (χ3v) is 3.33. The topological polar surface area (TPSA) is 21.3 Å². The summed E-state index contributed by atoms with van der Waals surface area (Å²) in [6.45, 7) is 4.21. The maximum absolute atomic E-state index is 13.0. The van der Waals surface area contributed by atoms with Gasteiger partial charge in [0.25, 0.3) is 0 Å². The highest BCUT2D eigenvalue weighted by Crippen LogP contribution is 2.16. The zero-order chi connectivity index (χ0) is 15.1. The van der Waals surface area contributed by atoms with Gasteiger partial charge < -0.3 is 10.1 Å². The second kappa shape index (κ2) is 8.01. The number of hydrogen-bond donors (Lipinski definition) is 1. The molecule has 21 heavy (non-hydrogen) atoms. The summed E-state index contributed by atoms with van der Waals surface area (Å²) in [5, 5.41) is 3.46. The lowest BCUT2D eigenvalue weighted by atomic mass is 10.2. The van der Waals surface area contributed by atoms with Gasteiger partial charge in [-0.2, -0.15) is 0 Å². The first-order chi connectivity index (χ1) is 10.2. The molecule has 0 saturated carbocycles. The van der Waals surface area contributed by atoms with Crippen molar-refractivity contribution >= 4 is 11.6 Å². The van der Waals surface area contributed by atoms with Gasteiger partial charge in [-0.15, -0.1) is 0 Å². The lowest BCUT2D eigenvalue weighted by molar-refractivity contribution is 0.317. The SMILES string of the molecule is CCCOc1ccc(CNCc2ccc(F)c(Cl)c2)cc1. The number of benzene rings is 2. The van der Waals surface area contributed by atoms with E-state index in [1.54, 1.807) is 12.1 Å². The molecule has 0 aliphatic rings. The Kier molecular flexibility index (Phi) is 6.03. The lowest BCUT2D eigenvalue weighted by Gasteiger charge is -2.08. The minimum absolute atomic E-state index is 0.159. The molecule has 2 nitrogen and oxygen atoms in total. The highest BCUT2D eigenvalue weighted by atomic mass is 35.5. The molecule has 112 valence electrons. The van der Waals surface area contributed by atoms with Crippen LogP contribution in [0.3, 0.4) is 0 Å². The molecule has 0 heterocycles. The van der Waals surface area contributed by atoms with Crippen LogP contribution in [0.1, 0.15) is 24.5 Å². The van der Waals surface area contributed by atoms with Crippen LogP contribution < -0.4 is 10.1 Å². The fourth-order valence-corrected chi connectivity index (χ4v) is 2.13. The zero-order valence-electron chi connectivity index (χ0n) is 12.0. The van der Waals surface area contributed by atoms with Crippen molar-refractivity contribution in [3.8, 4) is 5.75 Å².